The third-order valence-corrected chi connectivity index (χ3v) is 4.82. The highest BCUT2D eigenvalue weighted by Crippen LogP contribution is 2.34. The molecular weight excluding hydrogens is 390 g/mol. The number of anilines is 2. The Labute approximate surface area is 178 Å². The zero-order chi connectivity index (χ0) is 21.8. The molecular formula is C24H19N5O2. The number of nitrogen functional groups attached to an aromatic ring is 1. The molecule has 2 aromatic heterocycles. The number of nitrogens with two attached hydrogens (primary N) is 2. The van der Waals surface area contributed by atoms with Gasteiger partial charge in [-0.1, -0.05) is 30.3 Å². The molecule has 0 aliphatic heterocycles. The first kappa shape index (κ1) is 19.8. The predicted octanol–water partition coefficient (Wildman–Crippen LogP) is 3.74. The van der Waals surface area contributed by atoms with Crippen molar-refractivity contribution in [3.63, 3.8) is 0 Å². The molecule has 0 bridgehead atoms. The minimum Gasteiger partial charge on any atom is -0.383 e. The van der Waals surface area contributed by atoms with Gasteiger partial charge in [-0.3, -0.25) is 14.6 Å². The van der Waals surface area contributed by atoms with E-state index in [1.54, 1.807) is 73.2 Å². The molecule has 0 unspecified atom stereocenters. The minimum absolute atomic E-state index is 0.238. The molecule has 0 saturated heterocycles. The number of benzene rings is 2. The second-order valence-corrected chi connectivity index (χ2v) is 6.84. The maximum atomic E-state index is 12.6. The normalized spacial score (nSPS) is 10.5. The maximum Gasteiger partial charge on any atom is 0.255 e. The number of nitrogens with one attached hydrogen (secondary N) is 1. The molecule has 5 N–H and O–H groups in total. The third-order valence-electron chi connectivity index (χ3n) is 4.82. The molecule has 0 saturated carbocycles. The van der Waals surface area contributed by atoms with Gasteiger partial charge in [0.1, 0.15) is 5.82 Å². The van der Waals surface area contributed by atoms with E-state index < -0.39 is 5.91 Å². The summed E-state index contributed by atoms with van der Waals surface area (Å²) in [6.07, 6.45) is 4.88. The molecule has 4 rings (SSSR count). The van der Waals surface area contributed by atoms with E-state index in [1.807, 2.05) is 12.1 Å². The summed E-state index contributed by atoms with van der Waals surface area (Å²) in [7, 11) is 0. The van der Waals surface area contributed by atoms with Gasteiger partial charge in [0.05, 0.1) is 5.69 Å². The fraction of sp³-hybridized carbons (Fsp3) is 0. The molecule has 0 aliphatic rings. The molecule has 2 heterocycles. The molecule has 0 aliphatic carbocycles. The highest BCUT2D eigenvalue weighted by Gasteiger charge is 2.14. The number of hydrogen-bond acceptors (Lipinski definition) is 5. The highest BCUT2D eigenvalue weighted by molar-refractivity contribution is 6.06. The Morgan fingerprint density at radius 2 is 1.55 bits per heavy atom. The van der Waals surface area contributed by atoms with Gasteiger partial charge in [0.2, 0.25) is 5.91 Å². The van der Waals surface area contributed by atoms with E-state index in [1.165, 1.54) is 0 Å². The Balaban J connectivity index is 1.71. The number of carbonyl (C=O) groups excluding carboxylic acids is 2. The van der Waals surface area contributed by atoms with Gasteiger partial charge in [-0.15, -0.1) is 0 Å². The summed E-state index contributed by atoms with van der Waals surface area (Å²) in [6.45, 7) is 0. The van der Waals surface area contributed by atoms with Crippen LogP contribution in [0.3, 0.4) is 0 Å². The molecule has 7 heteroatoms. The van der Waals surface area contributed by atoms with Crippen molar-refractivity contribution in [1.29, 1.82) is 0 Å². The predicted molar refractivity (Wildman–Crippen MR) is 120 cm³/mol. The summed E-state index contributed by atoms with van der Waals surface area (Å²) in [4.78, 5) is 32.5. The smallest absolute Gasteiger partial charge is 0.255 e. The quantitative estimate of drug-likeness (QED) is 0.463. The summed E-state index contributed by atoms with van der Waals surface area (Å²) in [6, 6.07) is 19.4. The second kappa shape index (κ2) is 8.46. The van der Waals surface area contributed by atoms with Crippen molar-refractivity contribution in [2.45, 2.75) is 0 Å². The van der Waals surface area contributed by atoms with Crippen LogP contribution in [0.5, 0.6) is 0 Å². The zero-order valence-corrected chi connectivity index (χ0v) is 16.4. The zero-order valence-electron chi connectivity index (χ0n) is 16.4. The largest absolute Gasteiger partial charge is 0.383 e. The van der Waals surface area contributed by atoms with Crippen molar-refractivity contribution >= 4 is 23.3 Å². The number of pyridine rings is 2. The number of nitrogens with zero attached hydrogens (tertiary/aromatic N) is 2. The fourth-order valence-electron chi connectivity index (χ4n) is 3.18. The van der Waals surface area contributed by atoms with Gasteiger partial charge in [0.15, 0.2) is 0 Å². The summed E-state index contributed by atoms with van der Waals surface area (Å²) in [5, 5.41) is 2.92. The van der Waals surface area contributed by atoms with E-state index >= 15 is 0 Å². The maximum absolute atomic E-state index is 12.6. The first-order chi connectivity index (χ1) is 15.0. The highest BCUT2D eigenvalue weighted by atomic mass is 16.2. The van der Waals surface area contributed by atoms with Gasteiger partial charge in [-0.2, -0.15) is 0 Å². The number of carbonyl (C=O) groups is 2. The van der Waals surface area contributed by atoms with Crippen LogP contribution in [0.4, 0.5) is 11.5 Å². The second-order valence-electron chi connectivity index (χ2n) is 6.84. The molecule has 2 aromatic carbocycles. The van der Waals surface area contributed by atoms with Crippen LogP contribution in [0, 0.1) is 0 Å². The summed E-state index contributed by atoms with van der Waals surface area (Å²) in [5.74, 6) is -0.421. The van der Waals surface area contributed by atoms with Crippen LogP contribution in [-0.2, 0) is 0 Å². The Hall–Kier alpha value is -4.52. The van der Waals surface area contributed by atoms with Crippen molar-refractivity contribution in [2.75, 3.05) is 11.1 Å². The van der Waals surface area contributed by atoms with Crippen molar-refractivity contribution in [3.8, 4) is 22.3 Å². The number of hydrogen-bond donors (Lipinski definition) is 3. The molecule has 152 valence electrons. The number of rotatable bonds is 5. The summed E-state index contributed by atoms with van der Waals surface area (Å²) >= 11 is 0. The Morgan fingerprint density at radius 1 is 0.806 bits per heavy atom. The van der Waals surface area contributed by atoms with Crippen LogP contribution in [0.2, 0.25) is 0 Å². The average Bonchev–Trinajstić information content (AvgIpc) is 2.80. The van der Waals surface area contributed by atoms with Gasteiger partial charge in [0, 0.05) is 46.4 Å². The van der Waals surface area contributed by atoms with Crippen molar-refractivity contribution in [3.05, 3.63) is 96.4 Å². The lowest BCUT2D eigenvalue weighted by atomic mass is 10.00. The first-order valence-electron chi connectivity index (χ1n) is 9.49. The van der Waals surface area contributed by atoms with Crippen molar-refractivity contribution < 1.29 is 9.59 Å². The number of primary amides is 1. The number of amides is 2. The van der Waals surface area contributed by atoms with Gasteiger partial charge >= 0.3 is 0 Å². The SMILES string of the molecule is NC(=O)c1ccc(-c2cnc(N)c(-c3cnccc3NC(=O)c3ccccc3)c2)cc1. The van der Waals surface area contributed by atoms with Crippen LogP contribution in [-0.4, -0.2) is 21.8 Å². The van der Waals surface area contributed by atoms with Crippen molar-refractivity contribution in [2.24, 2.45) is 5.73 Å². The van der Waals surface area contributed by atoms with Gasteiger partial charge in [-0.25, -0.2) is 4.98 Å². The van der Waals surface area contributed by atoms with Crippen LogP contribution < -0.4 is 16.8 Å². The molecule has 31 heavy (non-hydrogen) atoms. The first-order valence-corrected chi connectivity index (χ1v) is 9.49. The van der Waals surface area contributed by atoms with Gasteiger partial charge in [0.25, 0.3) is 5.91 Å². The summed E-state index contributed by atoms with van der Waals surface area (Å²) < 4.78 is 0. The standard InChI is InChI=1S/C24H19N5O2/c25-22-19(12-18(13-28-22)15-6-8-16(9-7-15)23(26)30)20-14-27-11-10-21(20)29-24(31)17-4-2-1-3-5-17/h1-14H,(H2,25,28)(H2,26,30)(H,27,29,31). The summed E-state index contributed by atoms with van der Waals surface area (Å²) in [5.41, 5.74) is 15.9. The Morgan fingerprint density at radius 3 is 2.26 bits per heavy atom. The molecule has 4 aromatic rings. The van der Waals surface area contributed by atoms with E-state index in [0.717, 1.165) is 11.1 Å². The van der Waals surface area contributed by atoms with E-state index in [2.05, 4.69) is 15.3 Å². The van der Waals surface area contributed by atoms with Crippen molar-refractivity contribution in [1.82, 2.24) is 9.97 Å². The van der Waals surface area contributed by atoms with Gasteiger partial charge < -0.3 is 16.8 Å². The van der Waals surface area contributed by atoms with Crippen LogP contribution >= 0.6 is 0 Å². The average molecular weight is 409 g/mol. The lowest BCUT2D eigenvalue weighted by molar-refractivity contribution is 0.0997. The monoisotopic (exact) mass is 409 g/mol. The number of aromatic nitrogens is 2. The third kappa shape index (κ3) is 4.25. The van der Waals surface area contributed by atoms with Gasteiger partial charge in [-0.05, 0) is 42.0 Å². The lowest BCUT2D eigenvalue weighted by Gasteiger charge is -2.13. The molecule has 2 amide bonds. The van der Waals surface area contributed by atoms with E-state index in [-0.39, 0.29) is 5.91 Å². The van der Waals surface area contributed by atoms with Crippen LogP contribution in [0.1, 0.15) is 20.7 Å². The molecule has 0 atom stereocenters. The minimum atomic E-state index is -0.489. The van der Waals surface area contributed by atoms with Crippen LogP contribution in [0.25, 0.3) is 22.3 Å². The van der Waals surface area contributed by atoms with E-state index in [0.29, 0.717) is 33.8 Å². The Kier molecular flexibility index (Phi) is 5.40. The van der Waals surface area contributed by atoms with Crippen LogP contribution in [0.15, 0.2) is 85.3 Å². The molecule has 7 nitrogen and oxygen atoms in total. The fourth-order valence-corrected chi connectivity index (χ4v) is 3.18. The van der Waals surface area contributed by atoms with E-state index in [4.69, 9.17) is 11.5 Å². The molecule has 0 fully saturated rings. The lowest BCUT2D eigenvalue weighted by Crippen LogP contribution is -2.12. The molecule has 0 spiro atoms. The Bertz CT molecular complexity index is 1250. The van der Waals surface area contributed by atoms with E-state index in [9.17, 15) is 9.59 Å². The molecule has 0 radical (unpaired) electrons. The topological polar surface area (TPSA) is 124 Å².